The minimum Gasteiger partial charge on any atom is -0.496 e. The van der Waals surface area contributed by atoms with Gasteiger partial charge in [0.15, 0.2) is 0 Å². The first-order valence-corrected chi connectivity index (χ1v) is 16.0. The molecule has 3 heterocycles. The Bertz CT molecular complexity index is 1450. The van der Waals surface area contributed by atoms with Crippen LogP contribution in [0.2, 0.25) is 30.7 Å². The highest BCUT2D eigenvalue weighted by Crippen LogP contribution is 2.42. The molecular weight excluding hydrogens is 508 g/mol. The first-order valence-electron chi connectivity index (χ1n) is 11.9. The third-order valence-corrected chi connectivity index (χ3v) is 8.18. The van der Waals surface area contributed by atoms with E-state index in [4.69, 9.17) is 36.5 Å². The van der Waals surface area contributed by atoms with Crippen LogP contribution in [-0.4, -0.2) is 49.4 Å². The average molecular weight is 539 g/mol. The Kier molecular flexibility index (Phi) is 7.86. The van der Waals surface area contributed by atoms with Gasteiger partial charge in [0.25, 0.3) is 0 Å². The van der Waals surface area contributed by atoms with E-state index in [1.807, 2.05) is 35.0 Å². The quantitative estimate of drug-likeness (QED) is 0.156. The zero-order valence-electron chi connectivity index (χ0n) is 21.7. The number of pyridine rings is 2. The van der Waals surface area contributed by atoms with Crippen LogP contribution < -0.4 is 10.5 Å². The van der Waals surface area contributed by atoms with Gasteiger partial charge in [0.1, 0.15) is 29.5 Å². The Morgan fingerprint density at radius 3 is 2.54 bits per heavy atom. The number of hydrogen-bond donors (Lipinski definition) is 1. The predicted molar refractivity (Wildman–Crippen MR) is 150 cm³/mol. The summed E-state index contributed by atoms with van der Waals surface area (Å²) in [6, 6.07) is 10.4. The maximum atomic E-state index is 12.2. The molecule has 1 aromatic carbocycles. The van der Waals surface area contributed by atoms with Crippen LogP contribution >= 0.6 is 11.6 Å². The summed E-state index contributed by atoms with van der Waals surface area (Å²) < 4.78 is 18.5. The van der Waals surface area contributed by atoms with Crippen LogP contribution in [0.3, 0.4) is 0 Å². The number of carbonyl (C=O) groups is 1. The third-order valence-electron chi connectivity index (χ3n) is 6.08. The molecule has 37 heavy (non-hydrogen) atoms. The van der Waals surface area contributed by atoms with Crippen molar-refractivity contribution in [2.24, 2.45) is 0 Å². The van der Waals surface area contributed by atoms with Crippen LogP contribution in [0.4, 0.5) is 5.82 Å². The minimum atomic E-state index is -1.22. The summed E-state index contributed by atoms with van der Waals surface area (Å²) in [7, 11) is 1.71. The molecule has 0 saturated heterocycles. The first-order chi connectivity index (χ1) is 17.6. The number of para-hydroxylation sites is 1. The second-order valence-corrected chi connectivity index (χ2v) is 15.9. The number of nitrogens with two attached hydrogens (primary N) is 1. The van der Waals surface area contributed by atoms with Crippen LogP contribution in [0, 0.1) is 0 Å². The fourth-order valence-corrected chi connectivity index (χ4v) is 5.13. The number of methoxy groups -OCH3 is 2. The van der Waals surface area contributed by atoms with E-state index in [0.717, 1.165) is 22.6 Å². The molecule has 0 spiro atoms. The van der Waals surface area contributed by atoms with E-state index < -0.39 is 14.0 Å². The van der Waals surface area contributed by atoms with Crippen LogP contribution in [0.1, 0.15) is 10.4 Å². The van der Waals surface area contributed by atoms with Crippen LogP contribution in [0.5, 0.6) is 5.75 Å². The Labute approximate surface area is 222 Å². The summed E-state index contributed by atoms with van der Waals surface area (Å²) in [6.45, 7) is 7.98. The molecule has 4 rings (SSSR count). The number of anilines is 1. The number of nitrogens with zero attached hydrogens (tertiary/aromatic N) is 3. The van der Waals surface area contributed by atoms with Crippen molar-refractivity contribution in [1.82, 2.24) is 14.5 Å². The van der Waals surface area contributed by atoms with E-state index in [-0.39, 0.29) is 11.4 Å². The van der Waals surface area contributed by atoms with Gasteiger partial charge in [-0.3, -0.25) is 0 Å². The molecule has 0 aliphatic heterocycles. The molecule has 2 N–H and O–H groups in total. The zero-order chi connectivity index (χ0) is 26.7. The number of esters is 1. The number of fused-ring (bicyclic) bond motifs is 1. The van der Waals surface area contributed by atoms with E-state index >= 15 is 0 Å². The second kappa shape index (κ2) is 10.9. The number of rotatable bonds is 9. The van der Waals surface area contributed by atoms with Crippen molar-refractivity contribution in [1.29, 1.82) is 0 Å². The van der Waals surface area contributed by atoms with Gasteiger partial charge in [-0.2, -0.15) is 0 Å². The van der Waals surface area contributed by atoms with E-state index in [0.29, 0.717) is 40.9 Å². The number of carbonyl (C=O) groups excluding carboxylic acids is 1. The number of benzene rings is 1. The molecule has 0 amide bonds. The highest BCUT2D eigenvalue weighted by atomic mass is 35.5. The van der Waals surface area contributed by atoms with Crippen molar-refractivity contribution in [3.8, 4) is 28.0 Å². The molecule has 0 aliphatic carbocycles. The monoisotopic (exact) mass is 538 g/mol. The number of ether oxygens (including phenoxy) is 3. The molecule has 3 aromatic heterocycles. The Morgan fingerprint density at radius 1 is 1.08 bits per heavy atom. The van der Waals surface area contributed by atoms with Gasteiger partial charge in [-0.1, -0.05) is 49.4 Å². The third kappa shape index (κ3) is 5.63. The molecule has 0 unspecified atom stereocenters. The molecule has 0 atom stereocenters. The number of hydrogen-bond acceptors (Lipinski definition) is 7. The summed E-state index contributed by atoms with van der Waals surface area (Å²) in [6.07, 6.45) is 5.22. The average Bonchev–Trinajstić information content (AvgIpc) is 3.25. The smallest absolute Gasteiger partial charge is 0.341 e. The van der Waals surface area contributed by atoms with E-state index in [1.54, 1.807) is 25.6 Å². The zero-order valence-corrected chi connectivity index (χ0v) is 23.4. The van der Waals surface area contributed by atoms with Gasteiger partial charge in [-0.25, -0.2) is 14.8 Å². The van der Waals surface area contributed by atoms with Crippen LogP contribution in [0.15, 0.2) is 48.9 Å². The lowest BCUT2D eigenvalue weighted by molar-refractivity contribution is 0.0601. The minimum absolute atomic E-state index is 0.0806. The fourth-order valence-electron chi connectivity index (χ4n) is 4.03. The molecule has 0 fully saturated rings. The first kappa shape index (κ1) is 26.7. The van der Waals surface area contributed by atoms with Crippen LogP contribution in [0.25, 0.3) is 33.3 Å². The molecule has 4 aromatic rings. The van der Waals surface area contributed by atoms with Gasteiger partial charge in [-0.05, 0) is 18.2 Å². The predicted octanol–water partition coefficient (Wildman–Crippen LogP) is 6.11. The second-order valence-electron chi connectivity index (χ2n) is 9.89. The Hall–Kier alpha value is -3.40. The molecular formula is C27H31ClN4O4Si. The molecule has 10 heteroatoms. The highest BCUT2D eigenvalue weighted by molar-refractivity contribution is 6.76. The standard InChI is InChI=1S/C27H31ClN4O4Si/c1-34-22-9-7-6-8-18(22)21-15-32(16-36-10-11-37(3,4)5)26-23(21)24(28)20(14-31-26)17-12-19(27(33)35-2)25(29)30-13-17/h6-9,12-15H,10-11,16H2,1-5H3,(H2,29,30). The SMILES string of the molecule is COC(=O)c1cc(-c2cnc3c(c(-c4ccccc4OC)cn3COCC[Si](C)(C)C)c2Cl)cnc1N. The van der Waals surface area contributed by atoms with Gasteiger partial charge in [0, 0.05) is 60.9 Å². The van der Waals surface area contributed by atoms with E-state index in [1.165, 1.54) is 7.11 Å². The van der Waals surface area contributed by atoms with Crippen molar-refractivity contribution >= 4 is 42.5 Å². The molecule has 0 bridgehead atoms. The fraction of sp³-hybridized carbons (Fsp3) is 0.296. The normalized spacial score (nSPS) is 11.6. The topological polar surface area (TPSA) is 101 Å². The summed E-state index contributed by atoms with van der Waals surface area (Å²) in [5.74, 6) is 0.218. The maximum Gasteiger partial charge on any atom is 0.341 e. The van der Waals surface area contributed by atoms with Gasteiger partial charge in [0.2, 0.25) is 0 Å². The molecule has 0 saturated carbocycles. The van der Waals surface area contributed by atoms with Crippen molar-refractivity contribution in [2.45, 2.75) is 32.4 Å². The molecule has 0 aliphatic rings. The van der Waals surface area contributed by atoms with Gasteiger partial charge in [-0.15, -0.1) is 0 Å². The Balaban J connectivity index is 1.86. The Morgan fingerprint density at radius 2 is 1.84 bits per heavy atom. The van der Waals surface area contributed by atoms with E-state index in [9.17, 15) is 4.79 Å². The summed E-state index contributed by atoms with van der Waals surface area (Å²) >= 11 is 7.06. The lowest BCUT2D eigenvalue weighted by Gasteiger charge is -2.15. The van der Waals surface area contributed by atoms with Gasteiger partial charge < -0.3 is 24.5 Å². The highest BCUT2D eigenvalue weighted by Gasteiger charge is 2.22. The summed E-state index contributed by atoms with van der Waals surface area (Å²) in [4.78, 5) is 21.1. The van der Waals surface area contributed by atoms with E-state index in [2.05, 4.69) is 24.6 Å². The van der Waals surface area contributed by atoms with Gasteiger partial charge in [0.05, 0.1) is 19.2 Å². The summed E-state index contributed by atoms with van der Waals surface area (Å²) in [5.41, 5.74) is 9.69. The summed E-state index contributed by atoms with van der Waals surface area (Å²) in [5, 5.41) is 1.21. The van der Waals surface area contributed by atoms with Crippen LogP contribution in [-0.2, 0) is 16.2 Å². The number of nitrogen functional groups attached to an aromatic ring is 1. The van der Waals surface area contributed by atoms with Gasteiger partial charge >= 0.3 is 5.97 Å². The largest absolute Gasteiger partial charge is 0.496 e. The lowest BCUT2D eigenvalue weighted by Crippen LogP contribution is -2.22. The van der Waals surface area contributed by atoms with Crippen molar-refractivity contribution in [2.75, 3.05) is 26.6 Å². The lowest BCUT2D eigenvalue weighted by atomic mass is 10.0. The molecule has 8 nitrogen and oxygen atoms in total. The molecule has 194 valence electrons. The van der Waals surface area contributed by atoms with Crippen molar-refractivity contribution in [3.05, 3.63) is 59.5 Å². The number of halogens is 1. The maximum absolute atomic E-state index is 12.2. The van der Waals surface area contributed by atoms with Crippen molar-refractivity contribution < 1.29 is 19.0 Å². The molecule has 0 radical (unpaired) electrons. The number of aromatic nitrogens is 3. The van der Waals surface area contributed by atoms with Crippen molar-refractivity contribution in [3.63, 3.8) is 0 Å².